The molecule has 0 saturated carbocycles. The number of anilines is 1. The number of sulfonamides is 1. The van der Waals surface area contributed by atoms with Crippen molar-refractivity contribution >= 4 is 33.2 Å². The van der Waals surface area contributed by atoms with E-state index in [0.717, 1.165) is 21.7 Å². The predicted molar refractivity (Wildman–Crippen MR) is 111 cm³/mol. The number of benzene rings is 2. The average Bonchev–Trinajstić information content (AvgIpc) is 2.60. The Balaban J connectivity index is 2.28. The molecule has 27 heavy (non-hydrogen) atoms. The first-order chi connectivity index (χ1) is 12.6. The van der Waals surface area contributed by atoms with E-state index in [1.54, 1.807) is 31.2 Å². The van der Waals surface area contributed by atoms with E-state index in [2.05, 4.69) is 5.32 Å². The molecular formula is C20H25ClN2O3S. The van der Waals surface area contributed by atoms with Gasteiger partial charge in [-0.05, 0) is 50.1 Å². The summed E-state index contributed by atoms with van der Waals surface area (Å²) in [6.07, 6.45) is 1.43. The number of hydrogen-bond donors (Lipinski definition) is 1. The molecule has 146 valence electrons. The molecule has 0 aliphatic carbocycles. The Morgan fingerprint density at radius 2 is 1.67 bits per heavy atom. The summed E-state index contributed by atoms with van der Waals surface area (Å²) in [6, 6.07) is 13.2. The normalized spacial score (nSPS) is 13.7. The van der Waals surface area contributed by atoms with Gasteiger partial charge in [-0.15, -0.1) is 0 Å². The summed E-state index contributed by atoms with van der Waals surface area (Å²) in [6.45, 7) is 5.66. The standard InChI is InChI=1S/C20H25ClN2O3S/c1-5-19(20(24)22-15(3)16-8-6-14(2)7-9-16)23(27(4,25)26)18-12-10-17(21)11-13-18/h6-13,15,19H,5H2,1-4H3,(H,22,24)/t15-,19-/m0/s1. The number of rotatable bonds is 7. The smallest absolute Gasteiger partial charge is 0.244 e. The highest BCUT2D eigenvalue weighted by atomic mass is 35.5. The molecule has 0 aliphatic rings. The van der Waals surface area contributed by atoms with Crippen LogP contribution in [0, 0.1) is 6.92 Å². The van der Waals surface area contributed by atoms with Gasteiger partial charge in [-0.2, -0.15) is 0 Å². The Bertz CT molecular complexity index is 880. The van der Waals surface area contributed by atoms with E-state index in [1.165, 1.54) is 0 Å². The SMILES string of the molecule is CC[C@@H](C(=O)N[C@@H](C)c1ccc(C)cc1)N(c1ccc(Cl)cc1)S(C)(=O)=O. The zero-order valence-electron chi connectivity index (χ0n) is 15.9. The predicted octanol–water partition coefficient (Wildman–Crippen LogP) is 4.07. The largest absolute Gasteiger partial charge is 0.348 e. The van der Waals surface area contributed by atoms with Crippen LogP contribution in [-0.2, 0) is 14.8 Å². The van der Waals surface area contributed by atoms with Crippen LogP contribution in [0.5, 0.6) is 0 Å². The van der Waals surface area contributed by atoms with Crippen LogP contribution in [0.4, 0.5) is 5.69 Å². The Morgan fingerprint density at radius 1 is 1.11 bits per heavy atom. The summed E-state index contributed by atoms with van der Waals surface area (Å²) in [5.41, 5.74) is 2.50. The van der Waals surface area contributed by atoms with Gasteiger partial charge < -0.3 is 5.32 Å². The molecule has 0 saturated heterocycles. The summed E-state index contributed by atoms with van der Waals surface area (Å²) in [7, 11) is -3.66. The van der Waals surface area contributed by atoms with Crippen LogP contribution in [0.15, 0.2) is 48.5 Å². The number of nitrogens with zero attached hydrogens (tertiary/aromatic N) is 1. The van der Waals surface area contributed by atoms with Crippen molar-refractivity contribution in [2.24, 2.45) is 0 Å². The summed E-state index contributed by atoms with van der Waals surface area (Å²) in [5, 5.41) is 3.43. The lowest BCUT2D eigenvalue weighted by Gasteiger charge is -2.31. The molecule has 5 nitrogen and oxygen atoms in total. The average molecular weight is 409 g/mol. The highest BCUT2D eigenvalue weighted by molar-refractivity contribution is 7.92. The van der Waals surface area contributed by atoms with Gasteiger partial charge in [0.15, 0.2) is 0 Å². The summed E-state index contributed by atoms with van der Waals surface area (Å²) in [4.78, 5) is 12.9. The van der Waals surface area contributed by atoms with Crippen molar-refractivity contribution in [2.75, 3.05) is 10.6 Å². The van der Waals surface area contributed by atoms with E-state index in [-0.39, 0.29) is 11.9 Å². The molecule has 0 unspecified atom stereocenters. The number of hydrogen-bond acceptors (Lipinski definition) is 3. The van der Waals surface area contributed by atoms with E-state index < -0.39 is 16.1 Å². The Kier molecular flexibility index (Phi) is 6.89. The molecule has 0 heterocycles. The van der Waals surface area contributed by atoms with Crippen molar-refractivity contribution in [3.05, 3.63) is 64.7 Å². The summed E-state index contributed by atoms with van der Waals surface area (Å²) >= 11 is 5.91. The molecule has 7 heteroatoms. The molecule has 0 radical (unpaired) electrons. The van der Waals surface area contributed by atoms with E-state index in [1.807, 2.05) is 38.1 Å². The topological polar surface area (TPSA) is 66.5 Å². The van der Waals surface area contributed by atoms with Crippen molar-refractivity contribution < 1.29 is 13.2 Å². The summed E-state index contributed by atoms with van der Waals surface area (Å²) < 4.78 is 26.0. The third kappa shape index (κ3) is 5.47. The van der Waals surface area contributed by atoms with Crippen molar-refractivity contribution in [3.63, 3.8) is 0 Å². The molecule has 2 aromatic rings. The molecule has 1 amide bonds. The molecule has 0 bridgehead atoms. The minimum atomic E-state index is -3.66. The van der Waals surface area contributed by atoms with Crippen LogP contribution < -0.4 is 9.62 Å². The van der Waals surface area contributed by atoms with E-state index in [9.17, 15) is 13.2 Å². The molecule has 2 aromatic carbocycles. The number of aryl methyl sites for hydroxylation is 1. The maximum atomic E-state index is 12.9. The Morgan fingerprint density at radius 3 is 2.15 bits per heavy atom. The van der Waals surface area contributed by atoms with Crippen LogP contribution in [0.1, 0.15) is 37.4 Å². The van der Waals surface area contributed by atoms with Crippen molar-refractivity contribution in [1.82, 2.24) is 5.32 Å². The first kappa shape index (κ1) is 21.3. The van der Waals surface area contributed by atoms with Crippen molar-refractivity contribution in [2.45, 2.75) is 39.3 Å². The number of nitrogens with one attached hydrogen (secondary N) is 1. The van der Waals surface area contributed by atoms with Crippen molar-refractivity contribution in [3.8, 4) is 0 Å². The molecule has 2 rings (SSSR count). The first-order valence-electron chi connectivity index (χ1n) is 8.75. The lowest BCUT2D eigenvalue weighted by Crippen LogP contribution is -2.49. The lowest BCUT2D eigenvalue weighted by atomic mass is 10.1. The molecule has 0 fully saturated rings. The fraction of sp³-hybridized carbons (Fsp3) is 0.350. The number of carbonyl (C=O) groups is 1. The molecule has 2 atom stereocenters. The van der Waals surface area contributed by atoms with Crippen LogP contribution in [0.3, 0.4) is 0 Å². The highest BCUT2D eigenvalue weighted by Gasteiger charge is 2.32. The highest BCUT2D eigenvalue weighted by Crippen LogP contribution is 2.25. The molecule has 0 aromatic heterocycles. The van der Waals surface area contributed by atoms with Crippen LogP contribution in [-0.4, -0.2) is 26.6 Å². The number of halogens is 1. The van der Waals surface area contributed by atoms with Gasteiger partial charge in [0.1, 0.15) is 6.04 Å². The zero-order chi connectivity index (χ0) is 20.2. The third-order valence-electron chi connectivity index (χ3n) is 4.35. The molecular weight excluding hydrogens is 384 g/mol. The van der Waals surface area contributed by atoms with E-state index in [4.69, 9.17) is 11.6 Å². The second kappa shape index (κ2) is 8.76. The lowest BCUT2D eigenvalue weighted by molar-refractivity contribution is -0.122. The number of amides is 1. The van der Waals surface area contributed by atoms with Crippen molar-refractivity contribution in [1.29, 1.82) is 0 Å². The maximum Gasteiger partial charge on any atom is 0.244 e. The van der Waals surface area contributed by atoms with Crippen LogP contribution >= 0.6 is 11.6 Å². The minimum absolute atomic E-state index is 0.237. The minimum Gasteiger partial charge on any atom is -0.348 e. The molecule has 1 N–H and O–H groups in total. The van der Waals surface area contributed by atoms with Gasteiger partial charge in [-0.25, -0.2) is 8.42 Å². The molecule has 0 aliphatic heterocycles. The van der Waals surface area contributed by atoms with Gasteiger partial charge >= 0.3 is 0 Å². The van der Waals surface area contributed by atoms with E-state index >= 15 is 0 Å². The number of carbonyl (C=O) groups excluding carboxylic acids is 1. The Hall–Kier alpha value is -2.05. The second-order valence-electron chi connectivity index (χ2n) is 6.60. The van der Waals surface area contributed by atoms with Gasteiger partial charge in [0.25, 0.3) is 0 Å². The van der Waals surface area contributed by atoms with Gasteiger partial charge in [0.2, 0.25) is 15.9 Å². The van der Waals surface area contributed by atoms with Gasteiger partial charge in [-0.1, -0.05) is 48.4 Å². The van der Waals surface area contributed by atoms with Gasteiger partial charge in [0.05, 0.1) is 18.0 Å². The quantitative estimate of drug-likeness (QED) is 0.750. The van der Waals surface area contributed by atoms with Gasteiger partial charge in [-0.3, -0.25) is 9.10 Å². The van der Waals surface area contributed by atoms with Crippen LogP contribution in [0.25, 0.3) is 0 Å². The zero-order valence-corrected chi connectivity index (χ0v) is 17.5. The fourth-order valence-corrected chi connectivity index (χ4v) is 4.23. The fourth-order valence-electron chi connectivity index (χ4n) is 2.90. The first-order valence-corrected chi connectivity index (χ1v) is 11.0. The second-order valence-corrected chi connectivity index (χ2v) is 8.90. The third-order valence-corrected chi connectivity index (χ3v) is 5.78. The van der Waals surface area contributed by atoms with Gasteiger partial charge in [0, 0.05) is 5.02 Å². The monoisotopic (exact) mass is 408 g/mol. The summed E-state index contributed by atoms with van der Waals surface area (Å²) in [5.74, 6) is -0.342. The van der Waals surface area contributed by atoms with E-state index in [0.29, 0.717) is 17.1 Å². The molecule has 0 spiro atoms. The maximum absolute atomic E-state index is 12.9. The Labute approximate surface area is 166 Å². The van der Waals surface area contributed by atoms with Crippen LogP contribution in [0.2, 0.25) is 5.02 Å².